The molecule has 0 heteroatoms. The summed E-state index contributed by atoms with van der Waals surface area (Å²) in [7, 11) is 0. The number of aryl methyl sites for hydroxylation is 1. The molecule has 0 heterocycles. The highest BCUT2D eigenvalue weighted by Gasteiger charge is 2.13. The van der Waals surface area contributed by atoms with Crippen molar-refractivity contribution in [1.82, 2.24) is 0 Å². The number of hydrogen-bond donors (Lipinski definition) is 0. The van der Waals surface area contributed by atoms with E-state index in [0.717, 1.165) is 12.8 Å². The van der Waals surface area contributed by atoms with E-state index in [0.29, 0.717) is 0 Å². The van der Waals surface area contributed by atoms with E-state index in [1.165, 1.54) is 44.5 Å². The minimum Gasteiger partial charge on any atom is -0.0622 e. The Bertz CT molecular complexity index is 1300. The average molecular weight is 424 g/mol. The minimum absolute atomic E-state index is 0.988. The van der Waals surface area contributed by atoms with E-state index in [1.54, 1.807) is 0 Å². The lowest BCUT2D eigenvalue weighted by atomic mass is 9.88. The first-order valence-electron chi connectivity index (χ1n) is 11.6. The minimum atomic E-state index is 0.988. The second kappa shape index (κ2) is 10.1. The van der Waals surface area contributed by atoms with Crippen LogP contribution in [0.25, 0.3) is 33.4 Å². The Hall–Kier alpha value is -3.90. The Morgan fingerprint density at radius 1 is 0.424 bits per heavy atom. The molecule has 0 saturated carbocycles. The van der Waals surface area contributed by atoms with Crippen LogP contribution >= 0.6 is 0 Å². The van der Waals surface area contributed by atoms with Crippen molar-refractivity contribution in [3.63, 3.8) is 0 Å². The third kappa shape index (κ3) is 4.81. The van der Waals surface area contributed by atoms with Crippen molar-refractivity contribution in [2.24, 2.45) is 0 Å². The molecule has 0 amide bonds. The lowest BCUT2D eigenvalue weighted by Crippen LogP contribution is -1.96. The summed E-state index contributed by atoms with van der Waals surface area (Å²) in [5, 5.41) is 0. The first kappa shape index (κ1) is 21.0. The highest BCUT2D eigenvalue weighted by atomic mass is 14.2. The van der Waals surface area contributed by atoms with Crippen LogP contribution in [0.15, 0.2) is 133 Å². The van der Waals surface area contributed by atoms with Crippen LogP contribution in [0, 0.1) is 6.42 Å². The molecule has 159 valence electrons. The zero-order valence-corrected chi connectivity index (χ0v) is 18.7. The van der Waals surface area contributed by atoms with Crippen molar-refractivity contribution in [3.8, 4) is 33.4 Å². The zero-order chi connectivity index (χ0) is 22.3. The van der Waals surface area contributed by atoms with E-state index < -0.39 is 0 Å². The second-order valence-corrected chi connectivity index (χ2v) is 8.27. The highest BCUT2D eigenvalue weighted by Crippen LogP contribution is 2.36. The first-order valence-corrected chi connectivity index (χ1v) is 11.6. The predicted octanol–water partition coefficient (Wildman–Crippen LogP) is 8.87. The van der Waals surface area contributed by atoms with Crippen molar-refractivity contribution < 1.29 is 0 Å². The summed E-state index contributed by atoms with van der Waals surface area (Å²) in [5.74, 6) is 0. The van der Waals surface area contributed by atoms with Gasteiger partial charge in [0, 0.05) is 0 Å². The van der Waals surface area contributed by atoms with Gasteiger partial charge in [-0.1, -0.05) is 133 Å². The van der Waals surface area contributed by atoms with E-state index in [9.17, 15) is 0 Å². The summed E-state index contributed by atoms with van der Waals surface area (Å²) in [4.78, 5) is 0. The van der Waals surface area contributed by atoms with Crippen molar-refractivity contribution in [3.05, 3.63) is 151 Å². The standard InChI is InChI=1S/C33H27/c1-4-14-26(15-5-1)31-24-11-10-18-27(31)21-12-22-30-23-13-25-32(28-16-6-2-7-17-28)33(30)29-19-8-3-9-20-29/h1-11,13-21,23-25H,12,22H2. The van der Waals surface area contributed by atoms with E-state index >= 15 is 0 Å². The van der Waals surface area contributed by atoms with Gasteiger partial charge in [0.1, 0.15) is 0 Å². The van der Waals surface area contributed by atoms with Gasteiger partial charge in [0.25, 0.3) is 0 Å². The molecule has 0 N–H and O–H groups in total. The van der Waals surface area contributed by atoms with E-state index in [-0.39, 0.29) is 0 Å². The summed E-state index contributed by atoms with van der Waals surface area (Å²) in [6.45, 7) is 0. The lowest BCUT2D eigenvalue weighted by molar-refractivity contribution is 0.954. The lowest BCUT2D eigenvalue weighted by Gasteiger charge is -2.16. The smallest absolute Gasteiger partial charge is 0.00733 e. The molecular formula is C33H27. The normalized spacial score (nSPS) is 10.8. The molecule has 0 atom stereocenters. The van der Waals surface area contributed by atoms with E-state index in [1.807, 2.05) is 0 Å². The Morgan fingerprint density at radius 3 is 1.61 bits per heavy atom. The number of rotatable bonds is 7. The van der Waals surface area contributed by atoms with Crippen LogP contribution in [0.1, 0.15) is 17.5 Å². The van der Waals surface area contributed by atoms with Crippen LogP contribution in [0.5, 0.6) is 0 Å². The molecule has 1 radical (unpaired) electrons. The molecule has 33 heavy (non-hydrogen) atoms. The molecule has 0 nitrogen and oxygen atoms in total. The van der Waals surface area contributed by atoms with Gasteiger partial charge in [0.15, 0.2) is 0 Å². The van der Waals surface area contributed by atoms with Gasteiger partial charge in [-0.3, -0.25) is 0 Å². The van der Waals surface area contributed by atoms with Gasteiger partial charge in [0.05, 0.1) is 0 Å². The summed E-state index contributed by atoms with van der Waals surface area (Å²) in [6.07, 6.45) is 4.36. The van der Waals surface area contributed by atoms with Gasteiger partial charge in [-0.2, -0.15) is 0 Å². The van der Waals surface area contributed by atoms with Crippen molar-refractivity contribution in [1.29, 1.82) is 0 Å². The largest absolute Gasteiger partial charge is 0.0622 e. The molecule has 0 fully saturated rings. The summed E-state index contributed by atoms with van der Waals surface area (Å²) >= 11 is 0. The molecule has 0 aromatic heterocycles. The van der Waals surface area contributed by atoms with Crippen molar-refractivity contribution in [2.75, 3.05) is 0 Å². The van der Waals surface area contributed by atoms with Crippen LogP contribution < -0.4 is 0 Å². The monoisotopic (exact) mass is 423 g/mol. The Morgan fingerprint density at radius 2 is 0.939 bits per heavy atom. The van der Waals surface area contributed by atoms with Crippen molar-refractivity contribution in [2.45, 2.75) is 12.8 Å². The molecular weight excluding hydrogens is 396 g/mol. The van der Waals surface area contributed by atoms with Crippen molar-refractivity contribution >= 4 is 0 Å². The van der Waals surface area contributed by atoms with Crippen LogP contribution in [0.4, 0.5) is 0 Å². The summed E-state index contributed by atoms with van der Waals surface area (Å²) in [5.41, 5.74) is 10.4. The molecule has 5 rings (SSSR count). The molecule has 5 aromatic rings. The van der Waals surface area contributed by atoms with Gasteiger partial charge >= 0.3 is 0 Å². The maximum Gasteiger partial charge on any atom is -0.00733 e. The molecule has 0 aliphatic carbocycles. The maximum absolute atomic E-state index is 2.38. The Labute approximate surface area is 197 Å². The van der Waals surface area contributed by atoms with Crippen LogP contribution in [-0.4, -0.2) is 0 Å². The molecule has 0 saturated heterocycles. The summed E-state index contributed by atoms with van der Waals surface area (Å²) < 4.78 is 0. The zero-order valence-electron chi connectivity index (χ0n) is 18.7. The Balaban J connectivity index is 1.45. The van der Waals surface area contributed by atoms with Crippen LogP contribution in [-0.2, 0) is 6.42 Å². The fourth-order valence-electron chi connectivity index (χ4n) is 4.55. The molecule has 0 bridgehead atoms. The molecule has 0 aliphatic heterocycles. The molecule has 0 aliphatic rings. The SMILES string of the molecule is [CH](CCc1cccc(-c2ccccc2)c1-c1ccccc1)c1ccccc1-c1ccccc1. The predicted molar refractivity (Wildman–Crippen MR) is 141 cm³/mol. The quantitative estimate of drug-likeness (QED) is 0.245. The van der Waals surface area contributed by atoms with Gasteiger partial charge in [-0.25, -0.2) is 0 Å². The van der Waals surface area contributed by atoms with Gasteiger partial charge < -0.3 is 0 Å². The van der Waals surface area contributed by atoms with Crippen LogP contribution in [0.2, 0.25) is 0 Å². The number of benzene rings is 5. The van der Waals surface area contributed by atoms with Crippen LogP contribution in [0.3, 0.4) is 0 Å². The first-order chi connectivity index (χ1) is 16.4. The fraction of sp³-hybridized carbons (Fsp3) is 0.0606. The highest BCUT2D eigenvalue weighted by molar-refractivity contribution is 5.85. The van der Waals surface area contributed by atoms with Gasteiger partial charge in [-0.05, 0) is 63.8 Å². The molecule has 0 unspecified atom stereocenters. The van der Waals surface area contributed by atoms with E-state index in [2.05, 4.69) is 140 Å². The van der Waals surface area contributed by atoms with Gasteiger partial charge in [-0.15, -0.1) is 0 Å². The number of hydrogen-bond acceptors (Lipinski definition) is 0. The third-order valence-electron chi connectivity index (χ3n) is 6.12. The topological polar surface area (TPSA) is 0 Å². The summed E-state index contributed by atoms with van der Waals surface area (Å²) in [6, 6.07) is 47.6. The fourth-order valence-corrected chi connectivity index (χ4v) is 4.55. The molecule has 5 aromatic carbocycles. The second-order valence-electron chi connectivity index (χ2n) is 8.27. The van der Waals surface area contributed by atoms with Gasteiger partial charge in [0.2, 0.25) is 0 Å². The Kier molecular flexibility index (Phi) is 6.45. The third-order valence-corrected chi connectivity index (χ3v) is 6.12. The molecule has 0 spiro atoms. The van der Waals surface area contributed by atoms with E-state index in [4.69, 9.17) is 0 Å². The maximum atomic E-state index is 2.38. The average Bonchev–Trinajstić information content (AvgIpc) is 2.90.